The highest BCUT2D eigenvalue weighted by Gasteiger charge is 2.39. The smallest absolute Gasteiger partial charge is 0.306 e. The maximum atomic E-state index is 11.2. The van der Waals surface area contributed by atoms with E-state index in [1.807, 2.05) is 25.1 Å². The number of anilines is 2. The lowest BCUT2D eigenvalue weighted by Crippen LogP contribution is -2.33. The lowest BCUT2D eigenvalue weighted by Gasteiger charge is -2.32. The third-order valence-electron chi connectivity index (χ3n) is 5.95. The van der Waals surface area contributed by atoms with Crippen molar-refractivity contribution in [3.05, 3.63) is 52.9 Å². The maximum Gasteiger partial charge on any atom is 0.306 e. The van der Waals surface area contributed by atoms with E-state index in [0.717, 1.165) is 27.4 Å². The molecule has 168 valence electrons. The molecule has 0 atom stereocenters. The van der Waals surface area contributed by atoms with Crippen LogP contribution < -0.4 is 5.32 Å². The average molecular weight is 453 g/mol. The van der Waals surface area contributed by atoms with Gasteiger partial charge in [-0.25, -0.2) is 15.0 Å². The van der Waals surface area contributed by atoms with Crippen LogP contribution in [0.5, 0.6) is 0 Å². The van der Waals surface area contributed by atoms with E-state index >= 15 is 0 Å². The van der Waals surface area contributed by atoms with Crippen molar-refractivity contribution < 1.29 is 15.0 Å². The van der Waals surface area contributed by atoms with Crippen molar-refractivity contribution in [2.45, 2.75) is 58.0 Å². The lowest BCUT2D eigenvalue weighted by atomic mass is 9.79. The molecule has 8 heteroatoms. The summed E-state index contributed by atoms with van der Waals surface area (Å²) in [5.41, 5.74) is 2.90. The molecule has 2 aromatic heterocycles. The minimum atomic E-state index is -1.05. The third kappa shape index (κ3) is 4.81. The molecule has 0 unspecified atom stereocenters. The van der Waals surface area contributed by atoms with E-state index in [2.05, 4.69) is 40.2 Å². The maximum absolute atomic E-state index is 11.2. The molecule has 0 spiro atoms. The van der Waals surface area contributed by atoms with Crippen LogP contribution in [0.25, 0.3) is 10.4 Å². The van der Waals surface area contributed by atoms with Crippen LogP contribution in [0, 0.1) is 12.8 Å². The lowest BCUT2D eigenvalue weighted by molar-refractivity contribution is -0.145. The predicted molar refractivity (Wildman–Crippen MR) is 125 cm³/mol. The van der Waals surface area contributed by atoms with Crippen LogP contribution in [0.15, 0.2) is 36.7 Å². The molecule has 0 amide bonds. The highest BCUT2D eigenvalue weighted by atomic mass is 32.1. The van der Waals surface area contributed by atoms with Gasteiger partial charge >= 0.3 is 5.97 Å². The van der Waals surface area contributed by atoms with Crippen molar-refractivity contribution in [2.24, 2.45) is 5.92 Å². The molecule has 1 aromatic carbocycles. The summed E-state index contributed by atoms with van der Waals surface area (Å²) in [5.74, 6) is -0.285. The molecule has 7 nitrogen and oxygen atoms in total. The minimum absolute atomic E-state index is 0.318. The summed E-state index contributed by atoms with van der Waals surface area (Å²) in [7, 11) is 0. The van der Waals surface area contributed by atoms with Crippen molar-refractivity contribution in [1.29, 1.82) is 0 Å². The highest BCUT2D eigenvalue weighted by Crippen LogP contribution is 2.43. The summed E-state index contributed by atoms with van der Waals surface area (Å²) in [6, 6.07) is 8.07. The van der Waals surface area contributed by atoms with Gasteiger partial charge in [0.15, 0.2) is 0 Å². The molecule has 4 rings (SSSR count). The van der Waals surface area contributed by atoms with Crippen molar-refractivity contribution in [1.82, 2.24) is 15.0 Å². The van der Waals surface area contributed by atoms with Gasteiger partial charge in [-0.1, -0.05) is 19.9 Å². The molecule has 32 heavy (non-hydrogen) atoms. The summed E-state index contributed by atoms with van der Waals surface area (Å²) >= 11 is 1.46. The van der Waals surface area contributed by atoms with Gasteiger partial charge in [-0.3, -0.25) is 4.79 Å². The number of nitrogens with one attached hydrogen (secondary N) is 1. The Hall–Kier alpha value is -2.84. The Labute approximate surface area is 191 Å². The first-order chi connectivity index (χ1) is 15.2. The molecule has 1 fully saturated rings. The largest absolute Gasteiger partial charge is 0.481 e. The molecule has 1 saturated carbocycles. The Bertz CT molecular complexity index is 1120. The number of carboxylic acids is 1. The van der Waals surface area contributed by atoms with Gasteiger partial charge in [-0.2, -0.15) is 0 Å². The Morgan fingerprint density at radius 1 is 1.22 bits per heavy atom. The Morgan fingerprint density at radius 2 is 1.97 bits per heavy atom. The molecule has 2 heterocycles. The van der Waals surface area contributed by atoms with E-state index in [4.69, 9.17) is 0 Å². The van der Waals surface area contributed by atoms with Gasteiger partial charge in [0.2, 0.25) is 5.95 Å². The van der Waals surface area contributed by atoms with Gasteiger partial charge < -0.3 is 15.5 Å². The summed E-state index contributed by atoms with van der Waals surface area (Å²) in [4.78, 5) is 25.6. The number of benzene rings is 1. The zero-order valence-electron chi connectivity index (χ0n) is 18.5. The number of thiazole rings is 1. The van der Waals surface area contributed by atoms with Gasteiger partial charge in [0.1, 0.15) is 10.6 Å². The molecule has 1 aliphatic carbocycles. The Balaban J connectivity index is 1.55. The summed E-state index contributed by atoms with van der Waals surface area (Å²) in [5, 5.41) is 24.3. The van der Waals surface area contributed by atoms with E-state index in [1.165, 1.54) is 11.3 Å². The second-order valence-electron chi connectivity index (χ2n) is 8.85. The Morgan fingerprint density at radius 3 is 2.66 bits per heavy atom. The molecule has 3 aromatic rings. The highest BCUT2D eigenvalue weighted by molar-refractivity contribution is 7.15. The predicted octanol–water partition coefficient (Wildman–Crippen LogP) is 5.24. The minimum Gasteiger partial charge on any atom is -0.481 e. The molecule has 3 N–H and O–H groups in total. The van der Waals surface area contributed by atoms with Crippen LogP contribution in [-0.2, 0) is 10.4 Å². The number of rotatable bonds is 6. The first-order valence-corrected chi connectivity index (χ1v) is 11.7. The number of hydrogen-bond donors (Lipinski definition) is 3. The molecule has 0 bridgehead atoms. The molecule has 0 saturated heterocycles. The van der Waals surface area contributed by atoms with Crippen LogP contribution in [0.3, 0.4) is 0 Å². The summed E-state index contributed by atoms with van der Waals surface area (Å²) in [6.45, 7) is 6.23. The van der Waals surface area contributed by atoms with Crippen molar-refractivity contribution in [3.8, 4) is 10.4 Å². The summed E-state index contributed by atoms with van der Waals surface area (Å²) < 4.78 is 0. The van der Waals surface area contributed by atoms with Gasteiger partial charge in [0.05, 0.1) is 10.8 Å². The van der Waals surface area contributed by atoms with Crippen LogP contribution in [0.1, 0.15) is 61.7 Å². The van der Waals surface area contributed by atoms with Crippen LogP contribution in [0.4, 0.5) is 11.6 Å². The number of carboxylic acid groups (broad SMARTS) is 1. The first-order valence-electron chi connectivity index (χ1n) is 10.9. The fourth-order valence-electron chi connectivity index (χ4n) is 4.06. The van der Waals surface area contributed by atoms with Crippen LogP contribution in [0.2, 0.25) is 0 Å². The van der Waals surface area contributed by atoms with Gasteiger partial charge in [-0.15, -0.1) is 11.3 Å². The van der Waals surface area contributed by atoms with Gasteiger partial charge in [-0.05, 0) is 67.9 Å². The number of carbonyl (C=O) groups is 1. The number of aryl methyl sites for hydroxylation is 1. The second-order valence-corrected chi connectivity index (χ2v) is 9.88. The molecular formula is C24H28N4O3S. The zero-order chi connectivity index (χ0) is 22.9. The SMILES string of the molecule is Cc1cc(Nc2nccc(C(C)C)n2)cc(-c2cnc([C@]3(O)CC[C@@H](C(=O)O)CC3)s2)c1. The fraction of sp³-hybridized carbons (Fsp3) is 0.417. The van der Waals surface area contributed by atoms with Crippen molar-refractivity contribution >= 4 is 28.9 Å². The third-order valence-corrected chi connectivity index (χ3v) is 7.19. The number of aromatic nitrogens is 3. The number of nitrogens with zero attached hydrogens (tertiary/aromatic N) is 3. The van der Waals surface area contributed by atoms with Crippen molar-refractivity contribution in [2.75, 3.05) is 5.32 Å². The normalized spacial score (nSPS) is 21.0. The van der Waals surface area contributed by atoms with E-state index in [9.17, 15) is 15.0 Å². The summed E-state index contributed by atoms with van der Waals surface area (Å²) in [6.07, 6.45) is 5.32. The van der Waals surface area contributed by atoms with E-state index in [0.29, 0.717) is 42.6 Å². The molecule has 1 aliphatic rings. The first kappa shape index (κ1) is 22.4. The second kappa shape index (κ2) is 8.96. The average Bonchev–Trinajstić information content (AvgIpc) is 3.25. The number of aliphatic hydroxyl groups is 1. The standard InChI is InChI=1S/C24H28N4O3S/c1-14(2)19-6-9-25-23(28-19)27-18-11-15(3)10-17(12-18)20-13-26-22(32-20)24(31)7-4-16(5-8-24)21(29)30/h6,9-14,16,31H,4-5,7-8H2,1-3H3,(H,29,30)(H,25,27,28)/t16-,24+. The van der Waals surface area contributed by atoms with Crippen molar-refractivity contribution in [3.63, 3.8) is 0 Å². The van der Waals surface area contributed by atoms with Gasteiger partial charge in [0, 0.05) is 23.8 Å². The molecule has 0 aliphatic heterocycles. The number of aliphatic carboxylic acids is 1. The van der Waals surface area contributed by atoms with Crippen LogP contribution in [-0.4, -0.2) is 31.1 Å². The quantitative estimate of drug-likeness (QED) is 0.469. The van der Waals surface area contributed by atoms with E-state index in [1.54, 1.807) is 12.4 Å². The number of hydrogen-bond acceptors (Lipinski definition) is 7. The zero-order valence-corrected chi connectivity index (χ0v) is 19.3. The monoisotopic (exact) mass is 452 g/mol. The molecular weight excluding hydrogens is 424 g/mol. The van der Waals surface area contributed by atoms with E-state index < -0.39 is 11.6 Å². The molecule has 0 radical (unpaired) electrons. The fourth-order valence-corrected chi connectivity index (χ4v) is 5.11. The van der Waals surface area contributed by atoms with Gasteiger partial charge in [0.25, 0.3) is 0 Å². The topological polar surface area (TPSA) is 108 Å². The van der Waals surface area contributed by atoms with E-state index in [-0.39, 0.29) is 5.92 Å². The van der Waals surface area contributed by atoms with Crippen LogP contribution >= 0.6 is 11.3 Å². The Kier molecular flexibility index (Phi) is 6.26.